The van der Waals surface area contributed by atoms with Crippen molar-refractivity contribution in [2.75, 3.05) is 11.1 Å². The normalized spacial score (nSPS) is 13.6. The molecule has 0 saturated carbocycles. The van der Waals surface area contributed by atoms with Crippen LogP contribution in [0.25, 0.3) is 0 Å². The molecule has 140 valence electrons. The van der Waals surface area contributed by atoms with Crippen LogP contribution >= 0.6 is 23.1 Å². The lowest BCUT2D eigenvalue weighted by molar-refractivity contribution is -0.115. The van der Waals surface area contributed by atoms with Crippen molar-refractivity contribution in [2.24, 2.45) is 0 Å². The van der Waals surface area contributed by atoms with Crippen LogP contribution in [0.1, 0.15) is 38.8 Å². The molecule has 4 rings (SSSR count). The summed E-state index contributed by atoms with van der Waals surface area (Å²) < 4.78 is 0.600. The number of hydrogen-bond acceptors (Lipinski definition) is 8. The second-order valence-corrected chi connectivity index (χ2v) is 8.72. The number of fused-ring (bicyclic) bond motifs is 2. The Hall–Kier alpha value is -3.04. The van der Waals surface area contributed by atoms with E-state index in [0.29, 0.717) is 37.4 Å². The fourth-order valence-corrected chi connectivity index (χ4v) is 4.67. The summed E-state index contributed by atoms with van der Waals surface area (Å²) in [6.07, 6.45) is 0. The average molecular weight is 410 g/mol. The highest BCUT2D eigenvalue weighted by atomic mass is 32.2. The van der Waals surface area contributed by atoms with Gasteiger partial charge in [0.15, 0.2) is 15.9 Å². The number of thioether (sulfide) groups is 1. The number of amides is 1. The molecule has 28 heavy (non-hydrogen) atoms. The summed E-state index contributed by atoms with van der Waals surface area (Å²) in [5.74, 6) is -0.678. The maximum Gasteiger partial charge on any atom is 0.237 e. The third kappa shape index (κ3) is 3.30. The van der Waals surface area contributed by atoms with Gasteiger partial charge in [0.2, 0.25) is 11.0 Å². The summed E-state index contributed by atoms with van der Waals surface area (Å²) in [5.41, 5.74) is 7.41. The van der Waals surface area contributed by atoms with E-state index in [1.165, 1.54) is 23.1 Å². The van der Waals surface area contributed by atoms with Gasteiger partial charge >= 0.3 is 0 Å². The van der Waals surface area contributed by atoms with E-state index in [1.807, 2.05) is 0 Å². The van der Waals surface area contributed by atoms with Crippen molar-refractivity contribution in [3.8, 4) is 0 Å². The molecular weight excluding hydrogens is 396 g/mol. The van der Waals surface area contributed by atoms with Gasteiger partial charge in [0.1, 0.15) is 0 Å². The van der Waals surface area contributed by atoms with Crippen LogP contribution in [0, 0.1) is 0 Å². The number of carbonyl (C=O) groups excluding carboxylic acids is 3. The second-order valence-electron chi connectivity index (χ2n) is 6.12. The van der Waals surface area contributed by atoms with Crippen molar-refractivity contribution in [1.29, 1.82) is 0 Å². The lowest BCUT2D eigenvalue weighted by Gasteiger charge is -2.18. The highest BCUT2D eigenvalue weighted by Crippen LogP contribution is 2.30. The number of aromatic nitrogens is 2. The van der Waals surface area contributed by atoms with E-state index in [2.05, 4.69) is 15.5 Å². The lowest BCUT2D eigenvalue weighted by Crippen LogP contribution is -2.24. The van der Waals surface area contributed by atoms with Gasteiger partial charge in [-0.3, -0.25) is 14.4 Å². The van der Waals surface area contributed by atoms with Crippen molar-refractivity contribution in [3.63, 3.8) is 0 Å². The molecule has 7 nitrogen and oxygen atoms in total. The minimum absolute atomic E-state index is 0.194. The van der Waals surface area contributed by atoms with E-state index >= 15 is 0 Å². The summed E-state index contributed by atoms with van der Waals surface area (Å²) in [6, 6.07) is 11.5. The van der Waals surface area contributed by atoms with Crippen LogP contribution in [0.4, 0.5) is 10.8 Å². The SMILES string of the molecule is C[C@H](Sc1nnc(N)s1)C(=O)Nc1ccc2c(c1)C(=O)c1ccccc1C2=O. The molecule has 0 saturated heterocycles. The van der Waals surface area contributed by atoms with Crippen molar-refractivity contribution < 1.29 is 14.4 Å². The topological polar surface area (TPSA) is 115 Å². The van der Waals surface area contributed by atoms with E-state index in [-0.39, 0.29) is 17.5 Å². The first kappa shape index (κ1) is 18.3. The van der Waals surface area contributed by atoms with Crippen LogP contribution < -0.4 is 11.1 Å². The molecule has 1 aromatic heterocycles. The fraction of sp³-hybridized carbons (Fsp3) is 0.105. The molecule has 1 aliphatic rings. The quantitative estimate of drug-likeness (QED) is 0.497. The van der Waals surface area contributed by atoms with Gasteiger partial charge in [0.05, 0.1) is 5.25 Å². The zero-order chi connectivity index (χ0) is 19.8. The predicted molar refractivity (Wildman–Crippen MR) is 108 cm³/mol. The van der Waals surface area contributed by atoms with Gasteiger partial charge in [-0.1, -0.05) is 47.4 Å². The highest BCUT2D eigenvalue weighted by Gasteiger charge is 2.29. The number of nitrogens with two attached hydrogens (primary N) is 1. The second kappa shape index (κ2) is 7.17. The van der Waals surface area contributed by atoms with Gasteiger partial charge < -0.3 is 11.1 Å². The molecule has 3 aromatic rings. The molecule has 0 aliphatic heterocycles. The molecule has 0 fully saturated rings. The smallest absolute Gasteiger partial charge is 0.237 e. The number of carbonyl (C=O) groups is 3. The van der Waals surface area contributed by atoms with Gasteiger partial charge in [0, 0.05) is 27.9 Å². The molecule has 0 unspecified atom stereocenters. The first-order valence-electron chi connectivity index (χ1n) is 8.33. The molecule has 1 aliphatic carbocycles. The minimum Gasteiger partial charge on any atom is -0.374 e. The van der Waals surface area contributed by atoms with Crippen molar-refractivity contribution in [2.45, 2.75) is 16.5 Å². The van der Waals surface area contributed by atoms with Crippen LogP contribution in [0.5, 0.6) is 0 Å². The Morgan fingerprint density at radius 1 is 1.04 bits per heavy atom. The van der Waals surface area contributed by atoms with Crippen LogP contribution in [0.2, 0.25) is 0 Å². The largest absolute Gasteiger partial charge is 0.374 e. The molecule has 3 N–H and O–H groups in total. The Morgan fingerprint density at radius 3 is 2.32 bits per heavy atom. The van der Waals surface area contributed by atoms with Gasteiger partial charge in [-0.25, -0.2) is 0 Å². The fourth-order valence-electron chi connectivity index (χ4n) is 2.89. The van der Waals surface area contributed by atoms with E-state index < -0.39 is 5.25 Å². The number of nitrogens with zero attached hydrogens (tertiary/aromatic N) is 2. The van der Waals surface area contributed by atoms with E-state index in [0.717, 1.165) is 0 Å². The summed E-state index contributed by atoms with van der Waals surface area (Å²) in [7, 11) is 0. The van der Waals surface area contributed by atoms with Crippen molar-refractivity contribution in [1.82, 2.24) is 10.2 Å². The van der Waals surface area contributed by atoms with Gasteiger partial charge in [-0.05, 0) is 25.1 Å². The Bertz CT molecular complexity index is 1130. The Balaban J connectivity index is 1.55. The van der Waals surface area contributed by atoms with Crippen molar-refractivity contribution in [3.05, 3.63) is 64.7 Å². The lowest BCUT2D eigenvalue weighted by atomic mass is 9.84. The number of ketones is 2. The van der Waals surface area contributed by atoms with E-state index in [4.69, 9.17) is 5.73 Å². The first-order valence-corrected chi connectivity index (χ1v) is 10.0. The Labute approximate surface area is 168 Å². The Kier molecular flexibility index (Phi) is 4.70. The molecule has 0 spiro atoms. The molecule has 1 amide bonds. The standard InChI is InChI=1S/C19H14N4O3S2/c1-9(27-19-23-22-18(20)28-19)17(26)21-10-6-7-13-14(8-10)16(25)12-5-3-2-4-11(12)15(13)24/h2-9H,1H3,(H2,20,22)(H,21,26)/t9-/m0/s1. The third-order valence-corrected chi connectivity index (χ3v) is 6.20. The molecule has 1 heterocycles. The number of benzene rings is 2. The number of nitrogens with one attached hydrogen (secondary N) is 1. The van der Waals surface area contributed by atoms with Gasteiger partial charge in [0.25, 0.3) is 0 Å². The molecule has 9 heteroatoms. The summed E-state index contributed by atoms with van der Waals surface area (Å²) >= 11 is 2.45. The maximum absolute atomic E-state index is 12.8. The number of anilines is 2. The van der Waals surface area contributed by atoms with Crippen LogP contribution in [0.3, 0.4) is 0 Å². The van der Waals surface area contributed by atoms with E-state index in [1.54, 1.807) is 49.4 Å². The zero-order valence-corrected chi connectivity index (χ0v) is 16.3. The molecule has 1 atom stereocenters. The highest BCUT2D eigenvalue weighted by molar-refractivity contribution is 8.02. The molecule has 0 radical (unpaired) electrons. The maximum atomic E-state index is 12.8. The summed E-state index contributed by atoms with van der Waals surface area (Å²) in [4.78, 5) is 37.9. The number of nitrogen functional groups attached to an aromatic ring is 1. The Morgan fingerprint density at radius 2 is 1.68 bits per heavy atom. The van der Waals surface area contributed by atoms with E-state index in [9.17, 15) is 14.4 Å². The van der Waals surface area contributed by atoms with Gasteiger partial charge in [-0.15, -0.1) is 10.2 Å². The molecule has 0 bridgehead atoms. The molecule has 2 aromatic carbocycles. The number of rotatable bonds is 4. The zero-order valence-electron chi connectivity index (χ0n) is 14.6. The minimum atomic E-state index is -0.443. The average Bonchev–Trinajstić information content (AvgIpc) is 3.10. The van der Waals surface area contributed by atoms with Crippen LogP contribution in [-0.2, 0) is 4.79 Å². The van der Waals surface area contributed by atoms with Gasteiger partial charge in [-0.2, -0.15) is 0 Å². The number of hydrogen-bond donors (Lipinski definition) is 2. The first-order chi connectivity index (χ1) is 13.4. The van der Waals surface area contributed by atoms with Crippen LogP contribution in [0.15, 0.2) is 46.8 Å². The third-order valence-electron chi connectivity index (χ3n) is 4.26. The monoisotopic (exact) mass is 410 g/mol. The predicted octanol–water partition coefficient (Wildman–Crippen LogP) is 3.02. The van der Waals surface area contributed by atoms with Crippen molar-refractivity contribution >= 4 is 51.4 Å². The summed E-state index contributed by atoms with van der Waals surface area (Å²) in [6.45, 7) is 1.74. The molecular formula is C19H14N4O3S2. The summed E-state index contributed by atoms with van der Waals surface area (Å²) in [5, 5.41) is 10.3. The van der Waals surface area contributed by atoms with Crippen LogP contribution in [-0.4, -0.2) is 32.9 Å².